The van der Waals surface area contributed by atoms with Gasteiger partial charge in [0.1, 0.15) is 0 Å². The molecule has 2 atom stereocenters. The number of rotatable bonds is 2. The molecule has 1 fully saturated rings. The first-order valence-corrected chi connectivity index (χ1v) is 5.66. The Labute approximate surface area is 95.1 Å². The number of nitrogens with one attached hydrogen (secondary N) is 1. The number of hydrogen-bond donors (Lipinski definition) is 4. The summed E-state index contributed by atoms with van der Waals surface area (Å²) in [5.74, 6) is 0.432. The van der Waals surface area contributed by atoms with Gasteiger partial charge < -0.3 is 21.3 Å². The van der Waals surface area contributed by atoms with E-state index in [2.05, 4.69) is 5.32 Å². The summed E-state index contributed by atoms with van der Waals surface area (Å²) in [6.45, 7) is 1.64. The summed E-state index contributed by atoms with van der Waals surface area (Å²) < 4.78 is 0. The van der Waals surface area contributed by atoms with Gasteiger partial charge in [-0.1, -0.05) is 6.07 Å². The number of aromatic hydroxyl groups is 2. The largest absolute Gasteiger partial charge is 0.504 e. The Morgan fingerprint density at radius 2 is 2.06 bits per heavy atom. The van der Waals surface area contributed by atoms with E-state index >= 15 is 0 Å². The van der Waals surface area contributed by atoms with Gasteiger partial charge in [-0.25, -0.2) is 0 Å². The lowest BCUT2D eigenvalue weighted by atomic mass is 9.91. The molecule has 0 amide bonds. The van der Waals surface area contributed by atoms with Gasteiger partial charge in [0.15, 0.2) is 11.5 Å². The minimum atomic E-state index is -0.0700. The van der Waals surface area contributed by atoms with Gasteiger partial charge >= 0.3 is 0 Å². The Morgan fingerprint density at radius 3 is 2.62 bits per heavy atom. The van der Waals surface area contributed by atoms with Crippen LogP contribution in [-0.4, -0.2) is 23.3 Å². The fourth-order valence-electron chi connectivity index (χ4n) is 2.16. The quantitative estimate of drug-likeness (QED) is 0.565. The summed E-state index contributed by atoms with van der Waals surface area (Å²) in [4.78, 5) is 0. The Hall–Kier alpha value is -1.26. The van der Waals surface area contributed by atoms with Gasteiger partial charge in [-0.2, -0.15) is 0 Å². The van der Waals surface area contributed by atoms with Gasteiger partial charge in [0, 0.05) is 6.04 Å². The van der Waals surface area contributed by atoms with E-state index in [-0.39, 0.29) is 17.5 Å². The van der Waals surface area contributed by atoms with Gasteiger partial charge in [-0.15, -0.1) is 0 Å². The molecule has 1 saturated heterocycles. The molecular weight excluding hydrogens is 204 g/mol. The van der Waals surface area contributed by atoms with Gasteiger partial charge in [0.2, 0.25) is 0 Å². The molecule has 0 aromatic heterocycles. The Bertz CT molecular complexity index is 360. The van der Waals surface area contributed by atoms with Crippen molar-refractivity contribution in [3.05, 3.63) is 23.8 Å². The molecule has 1 aromatic rings. The first-order chi connectivity index (χ1) is 7.70. The average Bonchev–Trinajstić information content (AvgIpc) is 2.33. The van der Waals surface area contributed by atoms with Crippen LogP contribution < -0.4 is 11.1 Å². The number of phenolic OH excluding ortho intramolecular Hbond substituents is 2. The van der Waals surface area contributed by atoms with Crippen molar-refractivity contribution in [1.29, 1.82) is 0 Å². The molecule has 16 heavy (non-hydrogen) atoms. The highest BCUT2D eigenvalue weighted by atomic mass is 16.3. The fraction of sp³-hybridized carbons (Fsp3) is 0.500. The number of piperidine rings is 1. The topological polar surface area (TPSA) is 78.5 Å². The van der Waals surface area contributed by atoms with Gasteiger partial charge in [0.05, 0.1) is 0 Å². The van der Waals surface area contributed by atoms with E-state index in [9.17, 15) is 10.2 Å². The van der Waals surface area contributed by atoms with Crippen LogP contribution in [0.2, 0.25) is 0 Å². The molecule has 4 nitrogen and oxygen atoms in total. The lowest BCUT2D eigenvalue weighted by Crippen LogP contribution is -2.36. The SMILES string of the molecule is NCC1CCC(c2ccc(O)c(O)c2)NC1. The highest BCUT2D eigenvalue weighted by Gasteiger charge is 2.21. The van der Waals surface area contributed by atoms with Crippen molar-refractivity contribution >= 4 is 0 Å². The molecule has 5 N–H and O–H groups in total. The highest BCUT2D eigenvalue weighted by Crippen LogP contribution is 2.31. The molecule has 0 radical (unpaired) electrons. The van der Waals surface area contributed by atoms with Crippen LogP contribution in [-0.2, 0) is 0 Å². The summed E-state index contributed by atoms with van der Waals surface area (Å²) in [6.07, 6.45) is 2.13. The zero-order valence-corrected chi connectivity index (χ0v) is 9.19. The van der Waals surface area contributed by atoms with Gasteiger partial charge in [-0.3, -0.25) is 0 Å². The number of nitrogens with two attached hydrogens (primary N) is 1. The third-order valence-electron chi connectivity index (χ3n) is 3.25. The lowest BCUT2D eigenvalue weighted by molar-refractivity contribution is 0.319. The average molecular weight is 222 g/mol. The maximum absolute atomic E-state index is 9.43. The summed E-state index contributed by atoms with van der Waals surface area (Å²) in [5.41, 5.74) is 6.64. The minimum Gasteiger partial charge on any atom is -0.504 e. The number of phenols is 2. The highest BCUT2D eigenvalue weighted by molar-refractivity contribution is 5.41. The zero-order chi connectivity index (χ0) is 11.5. The zero-order valence-electron chi connectivity index (χ0n) is 9.19. The molecule has 1 aliphatic rings. The summed E-state index contributed by atoms with van der Waals surface area (Å²) >= 11 is 0. The summed E-state index contributed by atoms with van der Waals surface area (Å²) in [5, 5.41) is 22.1. The van der Waals surface area contributed by atoms with Crippen molar-refractivity contribution in [2.24, 2.45) is 11.7 Å². The van der Waals surface area contributed by atoms with Crippen LogP contribution in [0.25, 0.3) is 0 Å². The van der Waals surface area contributed by atoms with Crippen LogP contribution in [0.15, 0.2) is 18.2 Å². The van der Waals surface area contributed by atoms with E-state index in [1.165, 1.54) is 6.07 Å². The molecule has 4 heteroatoms. The molecule has 2 unspecified atom stereocenters. The van der Waals surface area contributed by atoms with Gasteiger partial charge in [-0.05, 0) is 49.5 Å². The predicted octanol–water partition coefficient (Wildman–Crippen LogP) is 1.10. The summed E-state index contributed by atoms with van der Waals surface area (Å²) in [7, 11) is 0. The minimum absolute atomic E-state index is 0.0553. The van der Waals surface area contributed by atoms with E-state index in [1.807, 2.05) is 6.07 Å². The molecule has 0 saturated carbocycles. The van der Waals surface area contributed by atoms with E-state index in [1.54, 1.807) is 6.07 Å². The number of hydrogen-bond acceptors (Lipinski definition) is 4. The van der Waals surface area contributed by atoms with E-state index < -0.39 is 0 Å². The molecule has 2 rings (SSSR count). The van der Waals surface area contributed by atoms with Crippen LogP contribution in [0.5, 0.6) is 11.5 Å². The van der Waals surface area contributed by atoms with Crippen molar-refractivity contribution in [3.63, 3.8) is 0 Å². The third-order valence-corrected chi connectivity index (χ3v) is 3.25. The molecule has 0 bridgehead atoms. The van der Waals surface area contributed by atoms with E-state index in [0.29, 0.717) is 5.92 Å². The molecular formula is C12H18N2O2. The normalized spacial score (nSPS) is 25.6. The van der Waals surface area contributed by atoms with Crippen LogP contribution in [0.1, 0.15) is 24.4 Å². The lowest BCUT2D eigenvalue weighted by Gasteiger charge is -2.29. The van der Waals surface area contributed by atoms with Crippen LogP contribution in [0.3, 0.4) is 0 Å². The molecule has 1 heterocycles. The molecule has 88 valence electrons. The standard InChI is InChI=1S/C12H18N2O2/c13-6-8-1-3-10(14-7-8)9-2-4-11(15)12(16)5-9/h2,4-5,8,10,14-16H,1,3,6-7,13H2. The van der Waals surface area contributed by atoms with Crippen molar-refractivity contribution in [2.75, 3.05) is 13.1 Å². The second kappa shape index (κ2) is 4.72. The Kier molecular flexibility index (Phi) is 3.31. The molecule has 1 aliphatic heterocycles. The maximum Gasteiger partial charge on any atom is 0.157 e. The van der Waals surface area contributed by atoms with Crippen molar-refractivity contribution < 1.29 is 10.2 Å². The Balaban J connectivity index is 2.05. The van der Waals surface area contributed by atoms with E-state index in [4.69, 9.17) is 5.73 Å². The van der Waals surface area contributed by atoms with Crippen LogP contribution in [0.4, 0.5) is 0 Å². The first-order valence-electron chi connectivity index (χ1n) is 5.66. The van der Waals surface area contributed by atoms with Gasteiger partial charge in [0.25, 0.3) is 0 Å². The number of benzene rings is 1. The smallest absolute Gasteiger partial charge is 0.157 e. The second-order valence-corrected chi connectivity index (χ2v) is 4.39. The van der Waals surface area contributed by atoms with Crippen molar-refractivity contribution in [3.8, 4) is 11.5 Å². The monoisotopic (exact) mass is 222 g/mol. The Morgan fingerprint density at radius 1 is 1.25 bits per heavy atom. The summed E-state index contributed by atoms with van der Waals surface area (Å²) in [6, 6.07) is 5.25. The molecule has 1 aromatic carbocycles. The third kappa shape index (κ3) is 2.28. The van der Waals surface area contributed by atoms with Crippen LogP contribution in [0, 0.1) is 5.92 Å². The van der Waals surface area contributed by atoms with Crippen molar-refractivity contribution in [1.82, 2.24) is 5.32 Å². The molecule has 0 spiro atoms. The second-order valence-electron chi connectivity index (χ2n) is 4.39. The maximum atomic E-state index is 9.43. The van der Waals surface area contributed by atoms with Crippen LogP contribution >= 0.6 is 0 Å². The molecule has 0 aliphatic carbocycles. The van der Waals surface area contributed by atoms with Crippen molar-refractivity contribution in [2.45, 2.75) is 18.9 Å². The fourth-order valence-corrected chi connectivity index (χ4v) is 2.16. The predicted molar refractivity (Wildman–Crippen MR) is 62.3 cm³/mol. The first kappa shape index (κ1) is 11.2. The van der Waals surface area contributed by atoms with E-state index in [0.717, 1.165) is 31.5 Å².